The molecule has 0 bridgehead atoms. The van der Waals surface area contributed by atoms with Crippen molar-refractivity contribution in [3.63, 3.8) is 0 Å². The van der Waals surface area contributed by atoms with Crippen molar-refractivity contribution in [2.45, 2.75) is 12.3 Å². The number of ether oxygens (including phenoxy) is 4. The molecule has 1 aliphatic heterocycles. The number of methoxy groups -OCH3 is 4. The summed E-state index contributed by atoms with van der Waals surface area (Å²) >= 11 is 0. The first-order valence-electron chi connectivity index (χ1n) is 9.98. The van der Waals surface area contributed by atoms with E-state index in [1.54, 1.807) is 43.4 Å². The van der Waals surface area contributed by atoms with Crippen LogP contribution in [-0.4, -0.2) is 67.4 Å². The van der Waals surface area contributed by atoms with Crippen LogP contribution in [0.3, 0.4) is 0 Å². The Labute approximate surface area is 185 Å². The lowest BCUT2D eigenvalue weighted by Gasteiger charge is -2.29. The summed E-state index contributed by atoms with van der Waals surface area (Å²) in [5, 5.41) is 17.4. The number of aromatic hydroxyl groups is 1. The number of aromatic amines is 1. The Morgan fingerprint density at radius 3 is 2.47 bits per heavy atom. The molecular formula is C23H25N3O6. The molecule has 1 atom stereocenters. The summed E-state index contributed by atoms with van der Waals surface area (Å²) in [5.41, 5.74) is 3.20. The minimum Gasteiger partial charge on any atom is -0.508 e. The summed E-state index contributed by atoms with van der Waals surface area (Å²) in [6.07, 6.45) is -0.611. The minimum atomic E-state index is -0.611. The Balaban J connectivity index is 1.86. The Bertz CT molecular complexity index is 1120. The zero-order valence-electron chi connectivity index (χ0n) is 18.3. The number of benzene rings is 2. The van der Waals surface area contributed by atoms with Crippen LogP contribution < -0.4 is 9.47 Å². The number of carbonyl (C=O) groups is 1. The van der Waals surface area contributed by atoms with Gasteiger partial charge in [0.2, 0.25) is 0 Å². The number of nitrogens with one attached hydrogen (secondary N) is 1. The molecule has 1 unspecified atom stereocenters. The molecule has 32 heavy (non-hydrogen) atoms. The van der Waals surface area contributed by atoms with Gasteiger partial charge < -0.3 is 29.0 Å². The van der Waals surface area contributed by atoms with E-state index in [2.05, 4.69) is 10.2 Å². The number of amides is 1. The molecule has 0 radical (unpaired) electrons. The maximum atomic E-state index is 13.3. The van der Waals surface area contributed by atoms with Gasteiger partial charge in [-0.2, -0.15) is 5.10 Å². The van der Waals surface area contributed by atoms with Crippen LogP contribution in [-0.2, 0) is 9.47 Å². The molecule has 0 spiro atoms. The predicted molar refractivity (Wildman–Crippen MR) is 116 cm³/mol. The quantitative estimate of drug-likeness (QED) is 0.520. The van der Waals surface area contributed by atoms with E-state index in [0.717, 1.165) is 11.1 Å². The Kier molecular flexibility index (Phi) is 6.02. The third kappa shape index (κ3) is 3.65. The second-order valence-electron chi connectivity index (χ2n) is 7.29. The van der Waals surface area contributed by atoms with Crippen molar-refractivity contribution in [3.05, 3.63) is 59.3 Å². The standard InChI is InChI=1S/C23H25N3O6/c1-29-16-9-8-13(11-17(16)30-2)20-19-21(25-24-20)23(28)26(12-18(31-3)32-4)22(19)14-6-5-7-15(27)10-14/h5-11,18,22,27H,12H2,1-4H3,(H,24,25). The number of nitrogens with zero attached hydrogens (tertiary/aromatic N) is 2. The van der Waals surface area contributed by atoms with E-state index in [1.807, 2.05) is 18.2 Å². The molecule has 9 heteroatoms. The SMILES string of the molecule is COc1ccc(-c2n[nH]c3c2C(c2cccc(O)c2)N(CC(OC)OC)C3=O)cc1OC. The zero-order chi connectivity index (χ0) is 22.8. The molecule has 0 saturated carbocycles. The molecule has 2 N–H and O–H groups in total. The minimum absolute atomic E-state index is 0.106. The normalized spacial score (nSPS) is 15.3. The first-order valence-corrected chi connectivity index (χ1v) is 9.98. The van der Waals surface area contributed by atoms with Gasteiger partial charge in [0.1, 0.15) is 11.4 Å². The predicted octanol–water partition coefficient (Wildman–Crippen LogP) is 2.96. The topological polar surface area (TPSA) is 106 Å². The van der Waals surface area contributed by atoms with Crippen molar-refractivity contribution in [2.24, 2.45) is 0 Å². The average molecular weight is 439 g/mol. The highest BCUT2D eigenvalue weighted by molar-refractivity contribution is 6.00. The van der Waals surface area contributed by atoms with Crippen LogP contribution in [0.2, 0.25) is 0 Å². The highest BCUT2D eigenvalue weighted by Gasteiger charge is 2.43. The summed E-state index contributed by atoms with van der Waals surface area (Å²) in [6.45, 7) is 0.194. The number of phenols is 1. The van der Waals surface area contributed by atoms with Crippen molar-refractivity contribution < 1.29 is 28.8 Å². The van der Waals surface area contributed by atoms with Gasteiger partial charge in [-0.3, -0.25) is 9.89 Å². The van der Waals surface area contributed by atoms with E-state index >= 15 is 0 Å². The summed E-state index contributed by atoms with van der Waals surface area (Å²) in [4.78, 5) is 15.0. The molecular weight excluding hydrogens is 414 g/mol. The molecule has 2 aromatic carbocycles. The van der Waals surface area contributed by atoms with E-state index in [4.69, 9.17) is 18.9 Å². The van der Waals surface area contributed by atoms with Crippen molar-refractivity contribution in [3.8, 4) is 28.5 Å². The molecule has 4 rings (SSSR count). The zero-order valence-corrected chi connectivity index (χ0v) is 18.3. The number of aromatic nitrogens is 2. The lowest BCUT2D eigenvalue weighted by Crippen LogP contribution is -2.38. The third-order valence-corrected chi connectivity index (χ3v) is 5.58. The molecule has 1 amide bonds. The first-order chi connectivity index (χ1) is 15.5. The van der Waals surface area contributed by atoms with E-state index in [1.165, 1.54) is 14.2 Å². The fourth-order valence-corrected chi connectivity index (χ4v) is 4.04. The van der Waals surface area contributed by atoms with Gasteiger partial charge in [0.15, 0.2) is 17.8 Å². The molecule has 0 fully saturated rings. The highest BCUT2D eigenvalue weighted by Crippen LogP contribution is 2.44. The number of hydrogen-bond acceptors (Lipinski definition) is 7. The maximum absolute atomic E-state index is 13.3. The van der Waals surface area contributed by atoms with Gasteiger partial charge >= 0.3 is 0 Å². The summed E-state index contributed by atoms with van der Waals surface area (Å²) in [5.74, 6) is 1.02. The van der Waals surface area contributed by atoms with Crippen LogP contribution in [0.15, 0.2) is 42.5 Å². The number of fused-ring (bicyclic) bond motifs is 1. The molecule has 9 nitrogen and oxygen atoms in total. The van der Waals surface area contributed by atoms with Crippen LogP contribution in [0.25, 0.3) is 11.3 Å². The number of H-pyrrole nitrogens is 1. The number of carbonyl (C=O) groups excluding carboxylic acids is 1. The Morgan fingerprint density at radius 2 is 1.81 bits per heavy atom. The second kappa shape index (κ2) is 8.89. The van der Waals surface area contributed by atoms with Crippen LogP contribution in [0.4, 0.5) is 0 Å². The molecule has 1 aliphatic rings. The highest BCUT2D eigenvalue weighted by atomic mass is 16.7. The van der Waals surface area contributed by atoms with Crippen LogP contribution >= 0.6 is 0 Å². The van der Waals surface area contributed by atoms with Gasteiger partial charge in [0, 0.05) is 25.3 Å². The van der Waals surface area contributed by atoms with Gasteiger partial charge in [0.25, 0.3) is 5.91 Å². The number of hydrogen-bond donors (Lipinski definition) is 2. The monoisotopic (exact) mass is 439 g/mol. The van der Waals surface area contributed by atoms with Gasteiger partial charge in [0.05, 0.1) is 32.5 Å². The van der Waals surface area contributed by atoms with E-state index in [9.17, 15) is 9.90 Å². The van der Waals surface area contributed by atoms with Crippen LogP contribution in [0.5, 0.6) is 17.2 Å². The molecule has 0 saturated heterocycles. The largest absolute Gasteiger partial charge is 0.508 e. The fraction of sp³-hybridized carbons (Fsp3) is 0.304. The van der Waals surface area contributed by atoms with Gasteiger partial charge in [-0.1, -0.05) is 12.1 Å². The maximum Gasteiger partial charge on any atom is 0.273 e. The lowest BCUT2D eigenvalue weighted by molar-refractivity contribution is -0.113. The summed E-state index contributed by atoms with van der Waals surface area (Å²) in [6, 6.07) is 11.8. The van der Waals surface area contributed by atoms with E-state index in [-0.39, 0.29) is 18.2 Å². The van der Waals surface area contributed by atoms with Crippen molar-refractivity contribution in [1.82, 2.24) is 15.1 Å². The Hall–Kier alpha value is -3.56. The number of phenolic OH excluding ortho intramolecular Hbond substituents is 1. The smallest absolute Gasteiger partial charge is 0.273 e. The van der Waals surface area contributed by atoms with Gasteiger partial charge in [-0.05, 0) is 35.9 Å². The second-order valence-corrected chi connectivity index (χ2v) is 7.29. The Morgan fingerprint density at radius 1 is 1.06 bits per heavy atom. The van der Waals surface area contributed by atoms with Crippen LogP contribution in [0, 0.1) is 0 Å². The molecule has 3 aromatic rings. The first kappa shape index (κ1) is 21.7. The molecule has 168 valence electrons. The molecule has 1 aromatic heterocycles. The average Bonchev–Trinajstić information content (AvgIpc) is 3.35. The third-order valence-electron chi connectivity index (χ3n) is 5.58. The number of rotatable bonds is 8. The van der Waals surface area contributed by atoms with Gasteiger partial charge in [-0.25, -0.2) is 0 Å². The molecule has 0 aliphatic carbocycles. The van der Waals surface area contributed by atoms with E-state index < -0.39 is 12.3 Å². The summed E-state index contributed by atoms with van der Waals surface area (Å²) < 4.78 is 21.5. The van der Waals surface area contributed by atoms with Crippen molar-refractivity contribution in [1.29, 1.82) is 0 Å². The fourth-order valence-electron chi connectivity index (χ4n) is 4.04. The van der Waals surface area contributed by atoms with Crippen molar-refractivity contribution in [2.75, 3.05) is 35.0 Å². The lowest BCUT2D eigenvalue weighted by atomic mass is 9.95. The summed E-state index contributed by atoms with van der Waals surface area (Å²) in [7, 11) is 6.18. The molecule has 2 heterocycles. The van der Waals surface area contributed by atoms with Crippen LogP contribution in [0.1, 0.15) is 27.7 Å². The van der Waals surface area contributed by atoms with E-state index in [0.29, 0.717) is 28.5 Å². The van der Waals surface area contributed by atoms with Gasteiger partial charge in [-0.15, -0.1) is 0 Å². The van der Waals surface area contributed by atoms with Crippen molar-refractivity contribution >= 4 is 5.91 Å².